The number of rotatable bonds is 7. The maximum Gasteiger partial charge on any atom is 0.251 e. The van der Waals surface area contributed by atoms with Crippen LogP contribution in [0.3, 0.4) is 0 Å². The number of benzene rings is 2. The van der Waals surface area contributed by atoms with E-state index in [9.17, 15) is 4.79 Å². The molecule has 1 fully saturated rings. The van der Waals surface area contributed by atoms with Crippen molar-refractivity contribution in [3.8, 4) is 11.5 Å². The van der Waals surface area contributed by atoms with Gasteiger partial charge in [-0.2, -0.15) is 0 Å². The van der Waals surface area contributed by atoms with Gasteiger partial charge in [-0.05, 0) is 78.7 Å². The van der Waals surface area contributed by atoms with Crippen molar-refractivity contribution in [1.82, 2.24) is 14.8 Å². The van der Waals surface area contributed by atoms with Crippen LogP contribution in [-0.2, 0) is 13.1 Å². The van der Waals surface area contributed by atoms with Gasteiger partial charge in [0.25, 0.3) is 5.56 Å². The Hall–Kier alpha value is -2.83. The van der Waals surface area contributed by atoms with E-state index in [0.717, 1.165) is 68.0 Å². The average molecular weight is 462 g/mol. The SMILES string of the molecule is CC(C)c1ccc2c(ccc(=O)n2CCN2CCC(NCc3ccc4c(c3)OCCO4)CC2)c1. The van der Waals surface area contributed by atoms with E-state index in [1.807, 2.05) is 16.7 Å². The Bertz CT molecular complexity index is 1200. The van der Waals surface area contributed by atoms with Crippen LogP contribution in [0.25, 0.3) is 10.9 Å². The molecule has 180 valence electrons. The third-order valence-corrected chi connectivity index (χ3v) is 7.11. The first-order chi connectivity index (χ1) is 16.6. The van der Waals surface area contributed by atoms with Gasteiger partial charge in [-0.15, -0.1) is 0 Å². The van der Waals surface area contributed by atoms with Crippen molar-refractivity contribution < 1.29 is 9.47 Å². The topological polar surface area (TPSA) is 55.7 Å². The second-order valence-corrected chi connectivity index (χ2v) is 9.77. The highest BCUT2D eigenvalue weighted by atomic mass is 16.6. The standard InChI is InChI=1S/C28H35N3O3/c1-20(2)22-4-6-25-23(18-22)5-8-28(32)31(25)14-13-30-11-9-24(10-12-30)29-19-21-3-7-26-27(17-21)34-16-15-33-26/h3-8,17-18,20,24,29H,9-16,19H2,1-2H3. The van der Waals surface area contributed by atoms with E-state index in [-0.39, 0.29) is 5.56 Å². The minimum atomic E-state index is 0.0841. The molecule has 2 aliphatic rings. The zero-order valence-corrected chi connectivity index (χ0v) is 20.3. The molecule has 0 saturated carbocycles. The van der Waals surface area contributed by atoms with Gasteiger partial charge in [-0.3, -0.25) is 4.79 Å². The van der Waals surface area contributed by atoms with E-state index >= 15 is 0 Å². The van der Waals surface area contributed by atoms with Crippen LogP contribution in [0.4, 0.5) is 0 Å². The lowest BCUT2D eigenvalue weighted by Crippen LogP contribution is -2.43. The Morgan fingerprint density at radius 3 is 2.53 bits per heavy atom. The molecule has 6 heteroatoms. The van der Waals surface area contributed by atoms with Gasteiger partial charge in [-0.25, -0.2) is 0 Å². The first-order valence-electron chi connectivity index (χ1n) is 12.5. The lowest BCUT2D eigenvalue weighted by atomic mass is 10.0. The number of fused-ring (bicyclic) bond motifs is 2. The fraction of sp³-hybridized carbons (Fsp3) is 0.464. The fourth-order valence-corrected chi connectivity index (χ4v) is 4.97. The van der Waals surface area contributed by atoms with Crippen LogP contribution in [0.1, 0.15) is 43.7 Å². The molecule has 2 aliphatic heterocycles. The first kappa shape index (κ1) is 22.9. The number of nitrogens with one attached hydrogen (secondary N) is 1. The van der Waals surface area contributed by atoms with Gasteiger partial charge in [0.2, 0.25) is 0 Å². The second-order valence-electron chi connectivity index (χ2n) is 9.77. The third-order valence-electron chi connectivity index (χ3n) is 7.11. The number of hydrogen-bond donors (Lipinski definition) is 1. The molecule has 0 unspecified atom stereocenters. The molecule has 1 saturated heterocycles. The van der Waals surface area contributed by atoms with Crippen LogP contribution in [0.2, 0.25) is 0 Å². The lowest BCUT2D eigenvalue weighted by Gasteiger charge is -2.32. The van der Waals surface area contributed by atoms with Crippen LogP contribution in [0.15, 0.2) is 53.3 Å². The van der Waals surface area contributed by atoms with Gasteiger partial charge < -0.3 is 24.3 Å². The van der Waals surface area contributed by atoms with E-state index in [1.54, 1.807) is 6.07 Å². The molecule has 0 radical (unpaired) electrons. The van der Waals surface area contributed by atoms with Crippen molar-refractivity contribution in [3.05, 3.63) is 70.0 Å². The summed E-state index contributed by atoms with van der Waals surface area (Å²) in [4.78, 5) is 15.1. The van der Waals surface area contributed by atoms with Crippen molar-refractivity contribution in [1.29, 1.82) is 0 Å². The molecule has 0 amide bonds. The predicted octanol–water partition coefficient (Wildman–Crippen LogP) is 4.15. The normalized spacial score (nSPS) is 16.9. The molecular weight excluding hydrogens is 426 g/mol. The molecular formula is C28H35N3O3. The van der Waals surface area contributed by atoms with Crippen LogP contribution in [0.5, 0.6) is 11.5 Å². The number of pyridine rings is 1. The van der Waals surface area contributed by atoms with Crippen LogP contribution < -0.4 is 20.3 Å². The lowest BCUT2D eigenvalue weighted by molar-refractivity contribution is 0.171. The molecule has 3 heterocycles. The van der Waals surface area contributed by atoms with Gasteiger partial charge in [0.15, 0.2) is 11.5 Å². The molecule has 5 rings (SSSR count). The number of hydrogen-bond acceptors (Lipinski definition) is 5. The van der Waals surface area contributed by atoms with E-state index in [2.05, 4.69) is 54.4 Å². The van der Waals surface area contributed by atoms with Crippen LogP contribution >= 0.6 is 0 Å². The van der Waals surface area contributed by atoms with E-state index in [0.29, 0.717) is 25.2 Å². The highest BCUT2D eigenvalue weighted by Gasteiger charge is 2.19. The minimum absolute atomic E-state index is 0.0841. The van der Waals surface area contributed by atoms with E-state index in [1.165, 1.54) is 11.1 Å². The Kier molecular flexibility index (Phi) is 6.88. The highest BCUT2D eigenvalue weighted by Crippen LogP contribution is 2.30. The van der Waals surface area contributed by atoms with Crippen LogP contribution in [0, 0.1) is 0 Å². The Morgan fingerprint density at radius 2 is 1.74 bits per heavy atom. The fourth-order valence-electron chi connectivity index (χ4n) is 4.97. The summed E-state index contributed by atoms with van der Waals surface area (Å²) in [7, 11) is 0. The molecule has 2 aromatic carbocycles. The summed E-state index contributed by atoms with van der Waals surface area (Å²) in [5, 5.41) is 4.85. The summed E-state index contributed by atoms with van der Waals surface area (Å²) in [6, 6.07) is 16.9. The Morgan fingerprint density at radius 1 is 0.941 bits per heavy atom. The van der Waals surface area contributed by atoms with Crippen molar-refractivity contribution >= 4 is 10.9 Å². The average Bonchev–Trinajstić information content (AvgIpc) is 2.87. The number of piperidine rings is 1. The molecule has 0 spiro atoms. The number of ether oxygens (including phenoxy) is 2. The zero-order valence-electron chi connectivity index (χ0n) is 20.3. The third kappa shape index (κ3) is 5.13. The number of nitrogens with zero attached hydrogens (tertiary/aromatic N) is 2. The molecule has 0 atom stereocenters. The van der Waals surface area contributed by atoms with Crippen LogP contribution in [-0.4, -0.2) is 48.4 Å². The molecule has 34 heavy (non-hydrogen) atoms. The second kappa shape index (κ2) is 10.2. The zero-order chi connectivity index (χ0) is 23.5. The summed E-state index contributed by atoms with van der Waals surface area (Å²) in [6.07, 6.45) is 2.24. The predicted molar refractivity (Wildman–Crippen MR) is 136 cm³/mol. The smallest absolute Gasteiger partial charge is 0.251 e. The Balaban J connectivity index is 1.13. The molecule has 1 aromatic heterocycles. The summed E-state index contributed by atoms with van der Waals surface area (Å²) >= 11 is 0. The Labute approximate surface area is 201 Å². The molecule has 0 bridgehead atoms. The van der Waals surface area contributed by atoms with Gasteiger partial charge in [-0.1, -0.05) is 26.0 Å². The molecule has 3 aromatic rings. The maximum atomic E-state index is 12.6. The van der Waals surface area contributed by atoms with Gasteiger partial charge in [0, 0.05) is 31.7 Å². The first-order valence-corrected chi connectivity index (χ1v) is 12.5. The highest BCUT2D eigenvalue weighted by molar-refractivity contribution is 5.79. The van der Waals surface area contributed by atoms with Crippen molar-refractivity contribution in [3.63, 3.8) is 0 Å². The maximum absolute atomic E-state index is 12.6. The quantitative estimate of drug-likeness (QED) is 0.573. The summed E-state index contributed by atoms with van der Waals surface area (Å²) in [5.74, 6) is 2.17. The largest absolute Gasteiger partial charge is 0.486 e. The van der Waals surface area contributed by atoms with Gasteiger partial charge in [0.05, 0.1) is 5.52 Å². The molecule has 1 N–H and O–H groups in total. The molecule has 6 nitrogen and oxygen atoms in total. The van der Waals surface area contributed by atoms with Crippen molar-refractivity contribution in [2.24, 2.45) is 0 Å². The number of likely N-dealkylation sites (tertiary alicyclic amines) is 1. The van der Waals surface area contributed by atoms with Gasteiger partial charge in [0.1, 0.15) is 13.2 Å². The monoisotopic (exact) mass is 461 g/mol. The number of aromatic nitrogens is 1. The van der Waals surface area contributed by atoms with Crippen molar-refractivity contribution in [2.75, 3.05) is 32.8 Å². The summed E-state index contributed by atoms with van der Waals surface area (Å²) < 4.78 is 13.3. The van der Waals surface area contributed by atoms with E-state index < -0.39 is 0 Å². The van der Waals surface area contributed by atoms with Crippen molar-refractivity contribution in [2.45, 2.75) is 51.7 Å². The minimum Gasteiger partial charge on any atom is -0.486 e. The molecule has 0 aliphatic carbocycles. The van der Waals surface area contributed by atoms with Gasteiger partial charge >= 0.3 is 0 Å². The summed E-state index contributed by atoms with van der Waals surface area (Å²) in [5.41, 5.74) is 3.65. The summed E-state index contributed by atoms with van der Waals surface area (Å²) in [6.45, 7) is 10.2. The van der Waals surface area contributed by atoms with E-state index in [4.69, 9.17) is 9.47 Å².